The van der Waals surface area contributed by atoms with Crippen LogP contribution in [0.2, 0.25) is 0 Å². The molecule has 7 heteroatoms. The Morgan fingerprint density at radius 1 is 1.33 bits per heavy atom. The number of carbonyl (C=O) groups excluding carboxylic acids is 2. The number of ether oxygens (including phenoxy) is 1. The number of aryl methyl sites for hydroxylation is 1. The molecule has 0 bridgehead atoms. The number of carbonyl (C=O) groups is 2. The minimum atomic E-state index is -0.200. The number of nitrogens with zero attached hydrogens (tertiary/aromatic N) is 3. The van der Waals surface area contributed by atoms with Gasteiger partial charge in [0.05, 0.1) is 19.2 Å². The summed E-state index contributed by atoms with van der Waals surface area (Å²) >= 11 is 0. The summed E-state index contributed by atoms with van der Waals surface area (Å²) in [6, 6.07) is 7.65. The van der Waals surface area contributed by atoms with E-state index in [9.17, 15) is 9.59 Å². The van der Waals surface area contributed by atoms with Gasteiger partial charge in [-0.2, -0.15) is 5.10 Å². The van der Waals surface area contributed by atoms with Gasteiger partial charge in [0, 0.05) is 49.9 Å². The molecule has 1 N–H and O–H groups in total. The Kier molecular flexibility index (Phi) is 5.78. The highest BCUT2D eigenvalue weighted by atomic mass is 16.5. The lowest BCUT2D eigenvalue weighted by molar-refractivity contribution is -0.139. The first-order valence-corrected chi connectivity index (χ1v) is 9.14. The van der Waals surface area contributed by atoms with Crippen LogP contribution in [0.5, 0.6) is 5.75 Å². The lowest BCUT2D eigenvalue weighted by atomic mass is 9.96. The summed E-state index contributed by atoms with van der Waals surface area (Å²) < 4.78 is 7.16. The maximum Gasteiger partial charge on any atom is 0.225 e. The molecule has 0 spiro atoms. The fraction of sp³-hybridized carbons (Fsp3) is 0.450. The van der Waals surface area contributed by atoms with Crippen LogP contribution in [0.4, 0.5) is 0 Å². The largest absolute Gasteiger partial charge is 0.496 e. The van der Waals surface area contributed by atoms with Crippen molar-refractivity contribution >= 4 is 11.8 Å². The Morgan fingerprint density at radius 2 is 2.11 bits per heavy atom. The van der Waals surface area contributed by atoms with E-state index in [0.29, 0.717) is 32.5 Å². The SMILES string of the molecule is COc1ccccc1CN1CC(C(=O)NCc2cnn(C)c2C)CCC1=O. The number of rotatable bonds is 6. The van der Waals surface area contributed by atoms with Crippen LogP contribution in [0.3, 0.4) is 0 Å². The van der Waals surface area contributed by atoms with Crippen LogP contribution in [0.25, 0.3) is 0 Å². The molecule has 1 saturated heterocycles. The van der Waals surface area contributed by atoms with Gasteiger partial charge < -0.3 is 15.0 Å². The van der Waals surface area contributed by atoms with Crippen molar-refractivity contribution in [2.24, 2.45) is 13.0 Å². The number of hydrogen-bond donors (Lipinski definition) is 1. The maximum absolute atomic E-state index is 12.6. The van der Waals surface area contributed by atoms with Crippen LogP contribution >= 0.6 is 0 Å². The highest BCUT2D eigenvalue weighted by molar-refractivity contribution is 5.83. The lowest BCUT2D eigenvalue weighted by Crippen LogP contribution is -2.45. The molecule has 0 saturated carbocycles. The zero-order chi connectivity index (χ0) is 19.4. The van der Waals surface area contributed by atoms with Gasteiger partial charge in [0.15, 0.2) is 0 Å². The number of methoxy groups -OCH3 is 1. The predicted octanol–water partition coefficient (Wildman–Crippen LogP) is 1.79. The van der Waals surface area contributed by atoms with Crippen molar-refractivity contribution in [1.29, 1.82) is 0 Å². The van der Waals surface area contributed by atoms with E-state index < -0.39 is 0 Å². The van der Waals surface area contributed by atoms with Crippen molar-refractivity contribution in [2.75, 3.05) is 13.7 Å². The summed E-state index contributed by atoms with van der Waals surface area (Å²) in [7, 11) is 3.50. The van der Waals surface area contributed by atoms with Gasteiger partial charge in [-0.3, -0.25) is 14.3 Å². The average molecular weight is 370 g/mol. The molecule has 1 aromatic heterocycles. The summed E-state index contributed by atoms with van der Waals surface area (Å²) in [5.74, 6) is 0.613. The zero-order valence-corrected chi connectivity index (χ0v) is 16.1. The van der Waals surface area contributed by atoms with Crippen LogP contribution in [0.1, 0.15) is 29.7 Å². The summed E-state index contributed by atoms with van der Waals surface area (Å²) in [5, 5.41) is 7.18. The van der Waals surface area contributed by atoms with Crippen molar-refractivity contribution < 1.29 is 14.3 Å². The monoisotopic (exact) mass is 370 g/mol. The Bertz CT molecular complexity index is 830. The highest BCUT2D eigenvalue weighted by Crippen LogP contribution is 2.24. The van der Waals surface area contributed by atoms with Crippen molar-refractivity contribution in [1.82, 2.24) is 20.0 Å². The molecule has 3 rings (SSSR count). The molecule has 1 atom stereocenters. The number of nitrogens with one attached hydrogen (secondary N) is 1. The Labute approximate surface area is 159 Å². The molecule has 1 aromatic carbocycles. The van der Waals surface area contributed by atoms with Gasteiger partial charge in [-0.15, -0.1) is 0 Å². The van der Waals surface area contributed by atoms with Gasteiger partial charge in [-0.25, -0.2) is 0 Å². The van der Waals surface area contributed by atoms with Gasteiger partial charge in [0.25, 0.3) is 0 Å². The van der Waals surface area contributed by atoms with E-state index in [1.54, 1.807) is 22.9 Å². The van der Waals surface area contributed by atoms with Gasteiger partial charge in [-0.05, 0) is 19.4 Å². The molecule has 2 amide bonds. The number of hydrogen-bond acceptors (Lipinski definition) is 4. The molecule has 27 heavy (non-hydrogen) atoms. The fourth-order valence-corrected chi connectivity index (χ4v) is 3.37. The van der Waals surface area contributed by atoms with Crippen molar-refractivity contribution in [3.63, 3.8) is 0 Å². The number of piperidine rings is 1. The fourth-order valence-electron chi connectivity index (χ4n) is 3.37. The third kappa shape index (κ3) is 4.30. The van der Waals surface area contributed by atoms with Crippen LogP contribution in [0.15, 0.2) is 30.5 Å². The highest BCUT2D eigenvalue weighted by Gasteiger charge is 2.30. The van der Waals surface area contributed by atoms with Crippen LogP contribution in [0, 0.1) is 12.8 Å². The smallest absolute Gasteiger partial charge is 0.225 e. The van der Waals surface area contributed by atoms with Crippen molar-refractivity contribution in [3.05, 3.63) is 47.3 Å². The number of para-hydroxylation sites is 1. The molecule has 1 fully saturated rings. The Balaban J connectivity index is 1.61. The van der Waals surface area contributed by atoms with E-state index in [2.05, 4.69) is 10.4 Å². The minimum absolute atomic E-state index is 0.0178. The van der Waals surface area contributed by atoms with E-state index >= 15 is 0 Å². The molecule has 1 unspecified atom stereocenters. The van der Waals surface area contributed by atoms with Gasteiger partial charge >= 0.3 is 0 Å². The molecule has 144 valence electrons. The van der Waals surface area contributed by atoms with E-state index in [1.165, 1.54) is 0 Å². The zero-order valence-electron chi connectivity index (χ0n) is 16.1. The molecule has 2 heterocycles. The average Bonchev–Trinajstić information content (AvgIpc) is 3.00. The third-order valence-corrected chi connectivity index (χ3v) is 5.21. The first-order valence-electron chi connectivity index (χ1n) is 9.14. The first kappa shape index (κ1) is 18.9. The lowest BCUT2D eigenvalue weighted by Gasteiger charge is -2.32. The second kappa shape index (κ2) is 8.24. The first-order chi connectivity index (χ1) is 13.0. The normalized spacial score (nSPS) is 17.1. The van der Waals surface area contributed by atoms with Gasteiger partial charge in [0.2, 0.25) is 11.8 Å². The van der Waals surface area contributed by atoms with E-state index in [0.717, 1.165) is 22.6 Å². The second-order valence-electron chi connectivity index (χ2n) is 6.92. The van der Waals surface area contributed by atoms with Gasteiger partial charge in [-0.1, -0.05) is 18.2 Å². The number of amides is 2. The van der Waals surface area contributed by atoms with E-state index in [1.807, 2.05) is 38.2 Å². The topological polar surface area (TPSA) is 76.5 Å². The molecular weight excluding hydrogens is 344 g/mol. The standard InChI is InChI=1S/C20H26N4O3/c1-14-17(11-22-23(14)2)10-21-20(26)16-8-9-19(25)24(13-16)12-15-6-4-5-7-18(15)27-3/h4-7,11,16H,8-10,12-13H2,1-3H3,(H,21,26). The summed E-state index contributed by atoms with van der Waals surface area (Å²) in [5.41, 5.74) is 2.98. The molecule has 0 aliphatic carbocycles. The van der Waals surface area contributed by atoms with E-state index in [4.69, 9.17) is 4.74 Å². The number of benzene rings is 1. The Morgan fingerprint density at radius 3 is 2.81 bits per heavy atom. The summed E-state index contributed by atoms with van der Waals surface area (Å²) in [6.07, 6.45) is 2.74. The molecule has 7 nitrogen and oxygen atoms in total. The molecule has 1 aliphatic rings. The summed E-state index contributed by atoms with van der Waals surface area (Å²) in [4.78, 5) is 26.7. The van der Waals surface area contributed by atoms with E-state index in [-0.39, 0.29) is 17.7 Å². The van der Waals surface area contributed by atoms with Crippen LogP contribution < -0.4 is 10.1 Å². The quantitative estimate of drug-likeness (QED) is 0.841. The van der Waals surface area contributed by atoms with Crippen LogP contribution in [-0.4, -0.2) is 40.1 Å². The van der Waals surface area contributed by atoms with Crippen molar-refractivity contribution in [2.45, 2.75) is 32.9 Å². The molecule has 2 aromatic rings. The second-order valence-corrected chi connectivity index (χ2v) is 6.92. The number of aromatic nitrogens is 2. The number of likely N-dealkylation sites (tertiary alicyclic amines) is 1. The Hall–Kier alpha value is -2.83. The minimum Gasteiger partial charge on any atom is -0.496 e. The third-order valence-electron chi connectivity index (χ3n) is 5.21. The molecule has 1 aliphatic heterocycles. The van der Waals surface area contributed by atoms with Crippen molar-refractivity contribution in [3.8, 4) is 5.75 Å². The summed E-state index contributed by atoms with van der Waals surface area (Å²) in [6.45, 7) is 3.31. The van der Waals surface area contributed by atoms with Gasteiger partial charge in [0.1, 0.15) is 5.75 Å². The maximum atomic E-state index is 12.6. The predicted molar refractivity (Wildman–Crippen MR) is 101 cm³/mol. The molecular formula is C20H26N4O3. The van der Waals surface area contributed by atoms with Crippen LogP contribution in [-0.2, 0) is 29.7 Å². The molecule has 0 radical (unpaired) electrons.